The molecule has 0 spiro atoms. The first-order chi connectivity index (χ1) is 12.7. The van der Waals surface area contributed by atoms with E-state index in [4.69, 9.17) is 10.5 Å². The highest BCUT2D eigenvalue weighted by Gasteiger charge is 2.02. The van der Waals surface area contributed by atoms with Crippen LogP contribution in [0.5, 0.6) is 5.88 Å². The topological polar surface area (TPSA) is 65.2 Å². The second-order valence-corrected chi connectivity index (χ2v) is 6.39. The predicted octanol–water partition coefficient (Wildman–Crippen LogP) is 4.86. The van der Waals surface area contributed by atoms with E-state index in [0.29, 0.717) is 6.61 Å². The molecule has 0 radical (unpaired) electrons. The van der Waals surface area contributed by atoms with Crippen molar-refractivity contribution >= 4 is 16.8 Å². The fraction of sp³-hybridized carbons (Fsp3) is 0.364. The Hall–Kier alpha value is -2.62. The maximum Gasteiger partial charge on any atom is 0.241 e. The lowest BCUT2D eigenvalue weighted by Gasteiger charge is -2.08. The SMILES string of the molecule is Cc1cc(OCCCCCCC/C=C/C=C/C(N)=O)nc2ccccc12. The number of fused-ring (bicyclic) bond motifs is 1. The van der Waals surface area contributed by atoms with E-state index < -0.39 is 5.91 Å². The van der Waals surface area contributed by atoms with Crippen molar-refractivity contribution in [2.24, 2.45) is 5.73 Å². The molecule has 0 aliphatic carbocycles. The zero-order valence-electron chi connectivity index (χ0n) is 15.5. The number of nitrogens with zero attached hydrogens (tertiary/aromatic N) is 1. The van der Waals surface area contributed by atoms with Gasteiger partial charge in [-0.05, 0) is 37.8 Å². The van der Waals surface area contributed by atoms with Gasteiger partial charge in [0.25, 0.3) is 0 Å². The summed E-state index contributed by atoms with van der Waals surface area (Å²) in [5, 5.41) is 1.18. The zero-order valence-corrected chi connectivity index (χ0v) is 15.5. The summed E-state index contributed by atoms with van der Waals surface area (Å²) in [4.78, 5) is 15.1. The molecule has 0 aliphatic heterocycles. The van der Waals surface area contributed by atoms with Crippen LogP contribution in [0.3, 0.4) is 0 Å². The number of aromatic nitrogens is 1. The van der Waals surface area contributed by atoms with Crippen LogP contribution in [0.1, 0.15) is 44.1 Å². The first kappa shape index (κ1) is 19.7. The Morgan fingerprint density at radius 2 is 1.88 bits per heavy atom. The molecule has 4 heteroatoms. The van der Waals surface area contributed by atoms with E-state index in [2.05, 4.69) is 24.1 Å². The quantitative estimate of drug-likeness (QED) is 0.357. The highest BCUT2D eigenvalue weighted by molar-refractivity contribution is 5.86. The van der Waals surface area contributed by atoms with Crippen molar-refractivity contribution in [3.05, 3.63) is 60.2 Å². The average molecular weight is 352 g/mol. The van der Waals surface area contributed by atoms with Gasteiger partial charge in [-0.1, -0.05) is 55.7 Å². The predicted molar refractivity (Wildman–Crippen MR) is 107 cm³/mol. The molecule has 1 aromatic heterocycles. The number of pyridine rings is 1. The fourth-order valence-electron chi connectivity index (χ4n) is 2.79. The van der Waals surface area contributed by atoms with Crippen molar-refractivity contribution in [3.63, 3.8) is 0 Å². The van der Waals surface area contributed by atoms with Crippen molar-refractivity contribution in [1.29, 1.82) is 0 Å². The van der Waals surface area contributed by atoms with Crippen molar-refractivity contribution in [2.75, 3.05) is 6.61 Å². The highest BCUT2D eigenvalue weighted by Crippen LogP contribution is 2.21. The molecular formula is C22H28N2O2. The lowest BCUT2D eigenvalue weighted by molar-refractivity contribution is -0.113. The summed E-state index contributed by atoms with van der Waals surface area (Å²) in [5.74, 6) is 0.307. The molecule has 0 aliphatic rings. The molecule has 1 heterocycles. The Morgan fingerprint density at radius 3 is 2.73 bits per heavy atom. The smallest absolute Gasteiger partial charge is 0.241 e. The number of primary amides is 1. The summed E-state index contributed by atoms with van der Waals surface area (Å²) >= 11 is 0. The Balaban J connectivity index is 1.56. The monoisotopic (exact) mass is 352 g/mol. The van der Waals surface area contributed by atoms with E-state index in [-0.39, 0.29) is 0 Å². The normalized spacial score (nSPS) is 11.6. The van der Waals surface area contributed by atoms with Crippen LogP contribution in [0.15, 0.2) is 54.6 Å². The minimum absolute atomic E-state index is 0.411. The standard InChI is InChI=1S/C22H28N2O2/c1-18-17-22(24-20-14-11-10-13-19(18)20)26-16-12-8-6-4-2-3-5-7-9-15-21(23)25/h5,7,9-11,13-15,17H,2-4,6,8,12,16H2,1H3,(H2,23,25)/b7-5+,15-9+. The lowest BCUT2D eigenvalue weighted by atomic mass is 10.1. The number of nitrogens with two attached hydrogens (primary N) is 1. The van der Waals surface area contributed by atoms with Crippen LogP contribution < -0.4 is 10.5 Å². The van der Waals surface area contributed by atoms with Gasteiger partial charge in [-0.15, -0.1) is 0 Å². The molecule has 0 saturated carbocycles. The van der Waals surface area contributed by atoms with E-state index in [1.165, 1.54) is 29.9 Å². The number of unbranched alkanes of at least 4 members (excludes halogenated alkanes) is 5. The van der Waals surface area contributed by atoms with Crippen molar-refractivity contribution < 1.29 is 9.53 Å². The Bertz CT molecular complexity index is 766. The maximum atomic E-state index is 10.5. The number of ether oxygens (including phenoxy) is 1. The van der Waals surface area contributed by atoms with Gasteiger partial charge in [0.1, 0.15) is 0 Å². The summed E-state index contributed by atoms with van der Waals surface area (Å²) < 4.78 is 5.82. The van der Waals surface area contributed by atoms with Crippen LogP contribution in [0.2, 0.25) is 0 Å². The molecule has 2 rings (SSSR count). The number of hydrogen-bond acceptors (Lipinski definition) is 3. The minimum Gasteiger partial charge on any atom is -0.478 e. The number of para-hydroxylation sites is 1. The number of hydrogen-bond donors (Lipinski definition) is 1. The van der Waals surface area contributed by atoms with Gasteiger partial charge in [0.15, 0.2) is 0 Å². The van der Waals surface area contributed by atoms with Crippen molar-refractivity contribution in [3.8, 4) is 5.88 Å². The molecule has 0 fully saturated rings. The summed E-state index contributed by atoms with van der Waals surface area (Å²) in [7, 11) is 0. The van der Waals surface area contributed by atoms with Crippen molar-refractivity contribution in [1.82, 2.24) is 4.98 Å². The van der Waals surface area contributed by atoms with Crippen LogP contribution >= 0.6 is 0 Å². The lowest BCUT2D eigenvalue weighted by Crippen LogP contribution is -2.04. The third-order valence-corrected chi connectivity index (χ3v) is 4.17. The Labute approximate surface area is 155 Å². The molecule has 0 unspecified atom stereocenters. The van der Waals surface area contributed by atoms with Crippen molar-refractivity contribution in [2.45, 2.75) is 45.4 Å². The summed E-state index contributed by atoms with van der Waals surface area (Å²) in [6.07, 6.45) is 13.8. The van der Waals surface area contributed by atoms with Gasteiger partial charge in [0.05, 0.1) is 12.1 Å². The second-order valence-electron chi connectivity index (χ2n) is 6.39. The highest BCUT2D eigenvalue weighted by atomic mass is 16.5. The van der Waals surface area contributed by atoms with Crippen LogP contribution in [-0.2, 0) is 4.79 Å². The van der Waals surface area contributed by atoms with Gasteiger partial charge >= 0.3 is 0 Å². The first-order valence-corrected chi connectivity index (χ1v) is 9.28. The first-order valence-electron chi connectivity index (χ1n) is 9.28. The fourth-order valence-corrected chi connectivity index (χ4v) is 2.79. The van der Waals surface area contributed by atoms with Gasteiger partial charge < -0.3 is 10.5 Å². The summed E-state index contributed by atoms with van der Waals surface area (Å²) in [6.45, 7) is 2.80. The zero-order chi connectivity index (χ0) is 18.6. The molecular weight excluding hydrogens is 324 g/mol. The molecule has 1 aromatic carbocycles. The van der Waals surface area contributed by atoms with E-state index in [1.807, 2.05) is 30.3 Å². The maximum absolute atomic E-state index is 10.5. The molecule has 2 N–H and O–H groups in total. The van der Waals surface area contributed by atoms with Gasteiger partial charge in [-0.3, -0.25) is 4.79 Å². The number of allylic oxidation sites excluding steroid dienone is 3. The van der Waals surface area contributed by atoms with Crippen LogP contribution in [0.25, 0.3) is 10.9 Å². The second kappa shape index (κ2) is 11.1. The van der Waals surface area contributed by atoms with Gasteiger partial charge in [-0.2, -0.15) is 0 Å². The van der Waals surface area contributed by atoms with Gasteiger partial charge in [-0.25, -0.2) is 4.98 Å². The van der Waals surface area contributed by atoms with E-state index in [0.717, 1.165) is 37.1 Å². The Morgan fingerprint density at radius 1 is 1.12 bits per heavy atom. The third kappa shape index (κ3) is 7.09. The molecule has 138 valence electrons. The third-order valence-electron chi connectivity index (χ3n) is 4.17. The molecule has 4 nitrogen and oxygen atoms in total. The number of rotatable bonds is 11. The number of aryl methyl sites for hydroxylation is 1. The van der Waals surface area contributed by atoms with Crippen LogP contribution in [0.4, 0.5) is 0 Å². The average Bonchev–Trinajstić information content (AvgIpc) is 2.62. The van der Waals surface area contributed by atoms with Gasteiger partial charge in [0.2, 0.25) is 11.8 Å². The van der Waals surface area contributed by atoms with Crippen LogP contribution in [0, 0.1) is 6.92 Å². The number of carbonyl (C=O) groups excluding carboxylic acids is 1. The number of amides is 1. The molecule has 2 aromatic rings. The Kier molecular flexibility index (Phi) is 8.40. The molecule has 26 heavy (non-hydrogen) atoms. The van der Waals surface area contributed by atoms with Gasteiger partial charge in [0, 0.05) is 17.5 Å². The molecule has 0 atom stereocenters. The minimum atomic E-state index is -0.411. The van der Waals surface area contributed by atoms with E-state index in [9.17, 15) is 4.79 Å². The van der Waals surface area contributed by atoms with E-state index >= 15 is 0 Å². The number of benzene rings is 1. The molecule has 0 bridgehead atoms. The van der Waals surface area contributed by atoms with Crippen LogP contribution in [-0.4, -0.2) is 17.5 Å². The largest absolute Gasteiger partial charge is 0.478 e. The number of carbonyl (C=O) groups is 1. The summed E-state index contributed by atoms with van der Waals surface area (Å²) in [6, 6.07) is 10.2. The summed E-state index contributed by atoms with van der Waals surface area (Å²) in [5.41, 5.74) is 7.19. The molecule has 1 amide bonds. The van der Waals surface area contributed by atoms with E-state index in [1.54, 1.807) is 6.08 Å². The molecule has 0 saturated heterocycles.